The molecule has 0 aliphatic heterocycles. The molecule has 0 rings (SSSR count). The summed E-state index contributed by atoms with van der Waals surface area (Å²) in [5.74, 6) is 0. The molecule has 0 aliphatic rings. The van der Waals surface area contributed by atoms with E-state index in [-0.39, 0.29) is 0 Å². The minimum atomic E-state index is -1.29. The van der Waals surface area contributed by atoms with E-state index in [4.69, 9.17) is 5.11 Å². The van der Waals surface area contributed by atoms with Gasteiger partial charge in [0.2, 0.25) is 0 Å². The largest absolute Gasteiger partial charge is 0.464 e. The first-order chi connectivity index (χ1) is 2.77. The van der Waals surface area contributed by atoms with Crippen molar-refractivity contribution >= 4 is 17.9 Å². The lowest BCUT2D eigenvalue weighted by Crippen LogP contribution is -2.14. The third-order valence-electron chi connectivity index (χ3n) is 0.141. The molecule has 4 nitrogen and oxygen atoms in total. The van der Waals surface area contributed by atoms with Crippen LogP contribution in [0.1, 0.15) is 0 Å². The summed E-state index contributed by atoms with van der Waals surface area (Å²) in [4.78, 5) is 9.28. The Morgan fingerprint density at radius 1 is 1.83 bits per heavy atom. The molecule has 36 valence electrons. The first kappa shape index (κ1) is 5.42. The maximum absolute atomic E-state index is 9.28. The lowest BCUT2D eigenvalue weighted by Gasteiger charge is -1.78. The van der Waals surface area contributed by atoms with Gasteiger partial charge in [-0.15, -0.1) is 0 Å². The lowest BCUT2D eigenvalue weighted by molar-refractivity contribution is 0.201. The van der Waals surface area contributed by atoms with Gasteiger partial charge in [0.25, 0.3) is 0 Å². The Morgan fingerprint density at radius 3 is 2.33 bits per heavy atom. The van der Waals surface area contributed by atoms with E-state index in [1.807, 2.05) is 0 Å². The Balaban J connectivity index is 3.05. The van der Waals surface area contributed by atoms with E-state index >= 15 is 0 Å². The molecule has 6 heavy (non-hydrogen) atoms. The highest BCUT2D eigenvalue weighted by Crippen LogP contribution is 1.50. The van der Waals surface area contributed by atoms with Crippen molar-refractivity contribution in [3.05, 3.63) is 0 Å². The number of rotatable bonds is 1. The fraction of sp³-hybridized carbons (Fsp3) is 0. The number of carboxylic acid groups (broad SMARTS) is 1. The van der Waals surface area contributed by atoms with Crippen LogP contribution in [0, 0.1) is 0 Å². The minimum absolute atomic E-state index is 0.576. The van der Waals surface area contributed by atoms with E-state index in [9.17, 15) is 9.00 Å². The monoisotopic (exact) mass is 109 g/mol. The van der Waals surface area contributed by atoms with Gasteiger partial charge >= 0.3 is 6.09 Å². The highest BCUT2D eigenvalue weighted by Gasteiger charge is 1.82. The maximum atomic E-state index is 9.28. The Morgan fingerprint density at radius 2 is 2.33 bits per heavy atom. The Bertz CT molecular complexity index is 71.2. The van der Waals surface area contributed by atoms with Gasteiger partial charge in [0.1, 0.15) is 11.9 Å². The lowest BCUT2D eigenvalue weighted by atomic mass is 11.3. The molecular formula is CH3NO3S. The fourth-order valence-corrected chi connectivity index (χ4v) is 0.117. The van der Waals surface area contributed by atoms with Crippen LogP contribution in [0.2, 0.25) is 0 Å². The smallest absolute Gasteiger partial charge is 0.416 e. The van der Waals surface area contributed by atoms with E-state index < -0.39 is 17.9 Å². The van der Waals surface area contributed by atoms with Gasteiger partial charge in [-0.25, -0.2) is 13.7 Å². The van der Waals surface area contributed by atoms with Crippen LogP contribution >= 0.6 is 0 Å². The molecule has 0 heterocycles. The first-order valence-electron chi connectivity index (χ1n) is 1.08. The van der Waals surface area contributed by atoms with E-state index in [1.165, 1.54) is 0 Å². The highest BCUT2D eigenvalue weighted by molar-refractivity contribution is 7.64. The average Bonchev–Trinajstić information content (AvgIpc) is 1.35. The molecule has 5 heteroatoms. The average molecular weight is 109 g/mol. The number of carbonyl (C=O) groups is 1. The topological polar surface area (TPSA) is 66.4 Å². The first-order valence-corrected chi connectivity index (χ1v) is 1.90. The molecule has 0 aromatic rings. The van der Waals surface area contributed by atoms with Crippen LogP contribution in [0.15, 0.2) is 0 Å². The number of amides is 1. The number of hydrogen-bond acceptors (Lipinski definition) is 2. The van der Waals surface area contributed by atoms with Crippen LogP contribution in [-0.4, -0.2) is 15.4 Å². The van der Waals surface area contributed by atoms with E-state index in [0.717, 1.165) is 0 Å². The van der Waals surface area contributed by atoms with Crippen LogP contribution in [-0.2, 0) is 11.9 Å². The number of thiol groups is 1. The zero-order valence-electron chi connectivity index (χ0n) is 2.71. The van der Waals surface area contributed by atoms with Gasteiger partial charge in [-0.3, -0.25) is 0 Å². The molecule has 0 radical (unpaired) electrons. The van der Waals surface area contributed by atoms with Crippen molar-refractivity contribution in [3.63, 3.8) is 0 Å². The summed E-state index contributed by atoms with van der Waals surface area (Å²) >= 11 is -0.576. The fourth-order valence-electron chi connectivity index (χ4n) is 0.0390. The van der Waals surface area contributed by atoms with Crippen molar-refractivity contribution in [1.29, 1.82) is 0 Å². The Kier molecular flexibility index (Phi) is 2.39. The Labute approximate surface area is 37.8 Å². The van der Waals surface area contributed by atoms with Crippen molar-refractivity contribution in [2.24, 2.45) is 0 Å². The van der Waals surface area contributed by atoms with E-state index in [0.29, 0.717) is 0 Å². The predicted molar refractivity (Wildman–Crippen MR) is 20.7 cm³/mol. The van der Waals surface area contributed by atoms with E-state index in [2.05, 4.69) is 0 Å². The molecule has 0 atom stereocenters. The van der Waals surface area contributed by atoms with Crippen LogP contribution in [0.25, 0.3) is 0 Å². The number of nitrogens with one attached hydrogen (secondary N) is 1. The molecule has 0 spiro atoms. The van der Waals surface area contributed by atoms with Crippen LogP contribution in [0.5, 0.6) is 0 Å². The van der Waals surface area contributed by atoms with Gasteiger partial charge in [0, 0.05) is 0 Å². The summed E-state index contributed by atoms with van der Waals surface area (Å²) in [5.41, 5.74) is 0. The highest BCUT2D eigenvalue weighted by atomic mass is 32.2. The standard InChI is InChI=1S/CH3NO3S/c3-1(4)2-6-5/h6H,(H,2,5)(H,3,4). The van der Waals surface area contributed by atoms with Gasteiger partial charge in [0.15, 0.2) is 0 Å². The van der Waals surface area contributed by atoms with E-state index in [1.54, 1.807) is 4.72 Å². The molecule has 2 N–H and O–H groups in total. The summed E-state index contributed by atoms with van der Waals surface area (Å²) in [6.07, 6.45) is -1.29. The molecule has 0 saturated carbocycles. The Hall–Kier alpha value is -0.580. The van der Waals surface area contributed by atoms with Crippen molar-refractivity contribution in [3.8, 4) is 0 Å². The summed E-state index contributed by atoms with van der Waals surface area (Å²) in [7, 11) is 0. The van der Waals surface area contributed by atoms with Gasteiger partial charge < -0.3 is 5.11 Å². The third kappa shape index (κ3) is 3.42. The molecule has 0 fully saturated rings. The van der Waals surface area contributed by atoms with Gasteiger partial charge in [-0.2, -0.15) is 0 Å². The molecule has 0 aromatic heterocycles. The molecule has 0 aliphatic carbocycles. The summed E-state index contributed by atoms with van der Waals surface area (Å²) < 4.78 is 10.8. The van der Waals surface area contributed by atoms with Gasteiger partial charge in [-0.1, -0.05) is 0 Å². The minimum Gasteiger partial charge on any atom is -0.464 e. The van der Waals surface area contributed by atoms with Gasteiger partial charge in [-0.05, 0) is 0 Å². The second-order valence-corrected chi connectivity index (χ2v) is 0.914. The quantitative estimate of drug-likeness (QED) is 0.383. The predicted octanol–water partition coefficient (Wildman–Crippen LogP) is -0.886. The van der Waals surface area contributed by atoms with Crippen LogP contribution in [0.3, 0.4) is 0 Å². The SMILES string of the molecule is O=[SH]NC(=O)O. The second kappa shape index (κ2) is 2.65. The molecule has 0 bridgehead atoms. The van der Waals surface area contributed by atoms with Crippen molar-refractivity contribution in [2.45, 2.75) is 0 Å². The molecule has 1 amide bonds. The van der Waals surface area contributed by atoms with Crippen molar-refractivity contribution < 1.29 is 14.1 Å². The van der Waals surface area contributed by atoms with Crippen LogP contribution in [0.4, 0.5) is 4.79 Å². The third-order valence-corrected chi connectivity index (χ3v) is 0.424. The molecule has 0 saturated heterocycles. The van der Waals surface area contributed by atoms with Crippen molar-refractivity contribution in [1.82, 2.24) is 4.72 Å². The second-order valence-electron chi connectivity index (χ2n) is 0.508. The van der Waals surface area contributed by atoms with Gasteiger partial charge in [0.05, 0.1) is 0 Å². The summed E-state index contributed by atoms with van der Waals surface area (Å²) in [6, 6.07) is 0. The molecule has 0 aromatic carbocycles. The van der Waals surface area contributed by atoms with Crippen molar-refractivity contribution in [2.75, 3.05) is 0 Å². The molecule has 0 unspecified atom stereocenters. The maximum Gasteiger partial charge on any atom is 0.416 e. The molecular weight excluding hydrogens is 106 g/mol. The summed E-state index contributed by atoms with van der Waals surface area (Å²) in [5, 5.41) is 7.60. The zero-order chi connectivity index (χ0) is 4.99. The number of hydrogen-bond donors (Lipinski definition) is 3. The normalized spacial score (nSPS) is 7.33. The summed E-state index contributed by atoms with van der Waals surface area (Å²) in [6.45, 7) is 0. The van der Waals surface area contributed by atoms with Crippen LogP contribution < -0.4 is 4.72 Å². The zero-order valence-corrected chi connectivity index (χ0v) is 3.61.